The minimum Gasteiger partial charge on any atom is -0.313 e. The van der Waals surface area contributed by atoms with E-state index in [4.69, 9.17) is 0 Å². The third-order valence-electron chi connectivity index (χ3n) is 4.21. The van der Waals surface area contributed by atoms with Gasteiger partial charge in [-0.05, 0) is 44.8 Å². The molecule has 20 heavy (non-hydrogen) atoms. The quantitative estimate of drug-likeness (QED) is 0.831. The Hall–Kier alpha value is -0.870. The van der Waals surface area contributed by atoms with Crippen molar-refractivity contribution in [2.75, 3.05) is 19.6 Å². The zero-order valence-corrected chi connectivity index (χ0v) is 13.4. The van der Waals surface area contributed by atoms with Gasteiger partial charge in [0.15, 0.2) is 0 Å². The van der Waals surface area contributed by atoms with E-state index in [0.29, 0.717) is 6.04 Å². The average molecular weight is 278 g/mol. The molecular formula is C16H30N4. The van der Waals surface area contributed by atoms with Crippen molar-refractivity contribution in [1.29, 1.82) is 0 Å². The summed E-state index contributed by atoms with van der Waals surface area (Å²) in [4.78, 5) is 2.58. The minimum atomic E-state index is 0.675. The minimum absolute atomic E-state index is 0.675. The zero-order chi connectivity index (χ0) is 14.4. The highest BCUT2D eigenvalue weighted by Crippen LogP contribution is 2.12. The van der Waals surface area contributed by atoms with E-state index in [-0.39, 0.29) is 0 Å². The van der Waals surface area contributed by atoms with E-state index in [2.05, 4.69) is 47.0 Å². The van der Waals surface area contributed by atoms with Gasteiger partial charge in [-0.25, -0.2) is 0 Å². The van der Waals surface area contributed by atoms with Crippen molar-refractivity contribution in [3.8, 4) is 0 Å². The van der Waals surface area contributed by atoms with Crippen LogP contribution in [0.15, 0.2) is 6.07 Å². The van der Waals surface area contributed by atoms with Crippen molar-refractivity contribution in [2.45, 2.75) is 58.5 Å². The van der Waals surface area contributed by atoms with Gasteiger partial charge in [-0.3, -0.25) is 9.58 Å². The number of hydrogen-bond acceptors (Lipinski definition) is 3. The number of aryl methyl sites for hydroxylation is 2. The predicted octanol–water partition coefficient (Wildman–Crippen LogP) is 2.34. The first-order valence-corrected chi connectivity index (χ1v) is 8.20. The standard InChI is InChI=1S/C16H30N4/c1-4-10-20(12-15-8-6-7-9-17-15)13-16-11-14(5-2)18-19(16)3/h11,15,17H,4-10,12-13H2,1-3H3. The molecule has 0 amide bonds. The fraction of sp³-hybridized carbons (Fsp3) is 0.812. The summed E-state index contributed by atoms with van der Waals surface area (Å²) >= 11 is 0. The molecule has 2 rings (SSSR count). The van der Waals surface area contributed by atoms with Gasteiger partial charge < -0.3 is 5.32 Å². The maximum absolute atomic E-state index is 4.56. The Balaban J connectivity index is 1.94. The van der Waals surface area contributed by atoms with Gasteiger partial charge in [-0.1, -0.05) is 20.3 Å². The molecule has 1 unspecified atom stereocenters. The van der Waals surface area contributed by atoms with Gasteiger partial charge in [0.1, 0.15) is 0 Å². The second-order valence-electron chi connectivity index (χ2n) is 5.99. The molecule has 0 bridgehead atoms. The van der Waals surface area contributed by atoms with E-state index in [1.807, 2.05) is 0 Å². The Bertz CT molecular complexity index is 393. The molecule has 1 atom stereocenters. The molecule has 1 aromatic rings. The highest BCUT2D eigenvalue weighted by Gasteiger charge is 2.17. The molecule has 0 aromatic carbocycles. The monoisotopic (exact) mass is 278 g/mol. The van der Waals surface area contributed by atoms with Crippen LogP contribution in [0.5, 0.6) is 0 Å². The molecule has 2 heterocycles. The van der Waals surface area contributed by atoms with Crippen LogP contribution in [-0.4, -0.2) is 40.4 Å². The molecule has 1 aliphatic heterocycles. The molecule has 0 radical (unpaired) electrons. The molecule has 0 aliphatic carbocycles. The summed E-state index contributed by atoms with van der Waals surface area (Å²) in [6, 6.07) is 2.94. The third kappa shape index (κ3) is 4.32. The van der Waals surface area contributed by atoms with E-state index >= 15 is 0 Å². The van der Waals surface area contributed by atoms with Crippen LogP contribution in [0, 0.1) is 0 Å². The van der Waals surface area contributed by atoms with E-state index in [1.54, 1.807) is 0 Å². The van der Waals surface area contributed by atoms with E-state index in [9.17, 15) is 0 Å². The molecule has 1 aromatic heterocycles. The molecule has 0 spiro atoms. The number of rotatable bonds is 7. The van der Waals surface area contributed by atoms with Gasteiger partial charge in [0, 0.05) is 26.2 Å². The number of nitrogens with zero attached hydrogens (tertiary/aromatic N) is 3. The fourth-order valence-corrected chi connectivity index (χ4v) is 3.06. The first-order valence-electron chi connectivity index (χ1n) is 8.20. The van der Waals surface area contributed by atoms with Gasteiger partial charge >= 0.3 is 0 Å². The second-order valence-corrected chi connectivity index (χ2v) is 5.99. The lowest BCUT2D eigenvalue weighted by atomic mass is 10.0. The maximum atomic E-state index is 4.56. The van der Waals surface area contributed by atoms with Crippen molar-refractivity contribution in [3.63, 3.8) is 0 Å². The topological polar surface area (TPSA) is 33.1 Å². The van der Waals surface area contributed by atoms with Gasteiger partial charge in [-0.15, -0.1) is 0 Å². The normalized spacial score (nSPS) is 19.7. The molecule has 1 saturated heterocycles. The SMILES string of the molecule is CCCN(Cc1cc(CC)nn1C)CC1CCCCN1. The largest absolute Gasteiger partial charge is 0.313 e. The van der Waals surface area contributed by atoms with E-state index in [1.165, 1.54) is 56.7 Å². The van der Waals surface area contributed by atoms with Crippen molar-refractivity contribution >= 4 is 0 Å². The van der Waals surface area contributed by atoms with Crippen LogP contribution < -0.4 is 5.32 Å². The maximum Gasteiger partial charge on any atom is 0.0625 e. The molecule has 4 heteroatoms. The van der Waals surface area contributed by atoms with Crippen LogP contribution in [0.2, 0.25) is 0 Å². The molecule has 1 aliphatic rings. The van der Waals surface area contributed by atoms with Crippen molar-refractivity contribution in [2.24, 2.45) is 7.05 Å². The lowest BCUT2D eigenvalue weighted by Gasteiger charge is -2.30. The zero-order valence-electron chi connectivity index (χ0n) is 13.4. The Morgan fingerprint density at radius 3 is 2.85 bits per heavy atom. The van der Waals surface area contributed by atoms with Gasteiger partial charge in [0.25, 0.3) is 0 Å². The Kier molecular flexibility index (Phi) is 6.05. The smallest absolute Gasteiger partial charge is 0.0625 e. The average Bonchev–Trinajstić information content (AvgIpc) is 2.81. The number of aromatic nitrogens is 2. The van der Waals surface area contributed by atoms with Crippen LogP contribution in [-0.2, 0) is 20.0 Å². The second kappa shape index (κ2) is 7.79. The van der Waals surface area contributed by atoms with Crippen LogP contribution in [0.25, 0.3) is 0 Å². The summed E-state index contributed by atoms with van der Waals surface area (Å²) in [6.07, 6.45) is 6.28. The highest BCUT2D eigenvalue weighted by atomic mass is 15.3. The van der Waals surface area contributed by atoms with Crippen LogP contribution in [0.4, 0.5) is 0 Å². The molecule has 1 N–H and O–H groups in total. The lowest BCUT2D eigenvalue weighted by Crippen LogP contribution is -2.43. The molecule has 4 nitrogen and oxygen atoms in total. The first kappa shape index (κ1) is 15.5. The molecular weight excluding hydrogens is 248 g/mol. The summed E-state index contributed by atoms with van der Waals surface area (Å²) in [7, 11) is 2.07. The fourth-order valence-electron chi connectivity index (χ4n) is 3.06. The Labute approximate surface area is 123 Å². The summed E-state index contributed by atoms with van der Waals surface area (Å²) < 4.78 is 2.05. The van der Waals surface area contributed by atoms with Crippen molar-refractivity contribution in [1.82, 2.24) is 20.0 Å². The summed E-state index contributed by atoms with van der Waals surface area (Å²) in [5.41, 5.74) is 2.54. The van der Waals surface area contributed by atoms with Crippen molar-refractivity contribution in [3.05, 3.63) is 17.5 Å². The van der Waals surface area contributed by atoms with Crippen LogP contribution in [0.3, 0.4) is 0 Å². The van der Waals surface area contributed by atoms with E-state index < -0.39 is 0 Å². The molecule has 1 fully saturated rings. The van der Waals surface area contributed by atoms with Gasteiger partial charge in [0.2, 0.25) is 0 Å². The van der Waals surface area contributed by atoms with E-state index in [0.717, 1.165) is 13.0 Å². The summed E-state index contributed by atoms with van der Waals surface area (Å²) in [5, 5.41) is 8.22. The van der Waals surface area contributed by atoms with Crippen LogP contribution in [0.1, 0.15) is 50.9 Å². The first-order chi connectivity index (χ1) is 9.72. The number of hydrogen-bond donors (Lipinski definition) is 1. The Morgan fingerprint density at radius 2 is 2.25 bits per heavy atom. The Morgan fingerprint density at radius 1 is 1.40 bits per heavy atom. The molecule has 114 valence electrons. The number of piperidine rings is 1. The van der Waals surface area contributed by atoms with Crippen molar-refractivity contribution < 1.29 is 0 Å². The summed E-state index contributed by atoms with van der Waals surface area (Å²) in [6.45, 7) is 8.99. The van der Waals surface area contributed by atoms with Gasteiger partial charge in [-0.2, -0.15) is 5.10 Å². The lowest BCUT2D eigenvalue weighted by molar-refractivity contribution is 0.213. The number of nitrogens with one attached hydrogen (secondary N) is 1. The summed E-state index contributed by atoms with van der Waals surface area (Å²) in [5.74, 6) is 0. The molecule has 0 saturated carbocycles. The van der Waals surface area contributed by atoms with Gasteiger partial charge in [0.05, 0.1) is 11.4 Å². The highest BCUT2D eigenvalue weighted by molar-refractivity contribution is 5.10. The third-order valence-corrected chi connectivity index (χ3v) is 4.21. The van der Waals surface area contributed by atoms with Crippen LogP contribution >= 0.6 is 0 Å². The predicted molar refractivity (Wildman–Crippen MR) is 83.8 cm³/mol.